The zero-order chi connectivity index (χ0) is 99.9. The highest BCUT2D eigenvalue weighted by Crippen LogP contribution is 2.40. The van der Waals surface area contributed by atoms with E-state index in [2.05, 4.69) is 100 Å². The number of nitrogen functional groups attached to an aromatic ring is 3. The van der Waals surface area contributed by atoms with Gasteiger partial charge < -0.3 is 92.8 Å². The molecule has 724 valence electrons. The fourth-order valence-electron chi connectivity index (χ4n) is 13.6. The number of aromatic amines is 2. The van der Waals surface area contributed by atoms with Gasteiger partial charge in [-0.15, -0.1) is 0 Å². The summed E-state index contributed by atoms with van der Waals surface area (Å²) in [6, 6.07) is 90.0. The molecule has 2 aliphatic rings. The van der Waals surface area contributed by atoms with E-state index in [4.69, 9.17) is 90.2 Å². The molecule has 17 N–H and O–H groups in total. The van der Waals surface area contributed by atoms with Gasteiger partial charge in [0, 0.05) is 59.1 Å². The first kappa shape index (κ1) is 111. The zero-order valence-corrected chi connectivity index (χ0v) is 79.8. The summed E-state index contributed by atoms with van der Waals surface area (Å²) in [6.45, 7) is 30.0. The molecule has 17 rings (SSSR count). The maximum Gasteiger partial charge on any atom is 0.410 e. The van der Waals surface area contributed by atoms with Crippen LogP contribution < -0.4 is 63.8 Å². The van der Waals surface area contributed by atoms with Crippen molar-refractivity contribution in [3.63, 3.8) is 0 Å². The zero-order valence-electron chi connectivity index (χ0n) is 77.4. The van der Waals surface area contributed by atoms with Crippen molar-refractivity contribution in [2.75, 3.05) is 61.5 Å². The Morgan fingerprint density at radius 1 is 0.582 bits per heavy atom. The molecule has 10 aromatic carbocycles. The number of carbonyl (C=O) groups is 3. The summed E-state index contributed by atoms with van der Waals surface area (Å²) in [7, 11) is -3.49. The van der Waals surface area contributed by atoms with E-state index >= 15 is 0 Å². The molecule has 7 heterocycles. The molecule has 2 fully saturated rings. The lowest BCUT2D eigenvalue weighted by Crippen LogP contribution is -2.45. The van der Waals surface area contributed by atoms with Crippen LogP contribution in [-0.4, -0.2) is 128 Å². The summed E-state index contributed by atoms with van der Waals surface area (Å²) in [5.41, 5.74) is 36.2. The Bertz CT molecular complexity index is 6790. The van der Waals surface area contributed by atoms with Crippen LogP contribution in [0.5, 0.6) is 57.5 Å². The number of anilines is 3. The number of benzene rings is 10. The number of carbonyl (C=O) groups excluding carboxylic acids is 3. The van der Waals surface area contributed by atoms with Crippen molar-refractivity contribution in [2.24, 2.45) is 11.5 Å². The Morgan fingerprint density at radius 2 is 0.986 bits per heavy atom. The molecule has 2 aliphatic heterocycles. The first-order valence-corrected chi connectivity index (χ1v) is 46.1. The molecule has 141 heavy (non-hydrogen) atoms. The first-order valence-electron chi connectivity index (χ1n) is 43.1. The molecular weight excluding hydrogens is 1870 g/mol. The van der Waals surface area contributed by atoms with Crippen molar-refractivity contribution in [1.29, 1.82) is 15.9 Å². The number of fused-ring (bicyclic) bond motifs is 2. The molecule has 0 saturated carbocycles. The number of allylic oxidation sites excluding steroid dienone is 2. The molecule has 2 amide bonds. The molecule has 15 aromatic rings. The van der Waals surface area contributed by atoms with Crippen LogP contribution >= 0.6 is 15.9 Å². The average molecular weight is 1980 g/mol. The van der Waals surface area contributed by atoms with E-state index in [1.54, 1.807) is 70.6 Å². The quantitative estimate of drug-likeness (QED) is 0.00414. The minimum atomic E-state index is -3.49. The van der Waals surface area contributed by atoms with E-state index in [0.29, 0.717) is 70.8 Å². The number of Topliss-reactive ketones (excluding diaryl/α,β-unsaturated/α-hetero) is 1. The normalized spacial score (nSPS) is 12.6. The number of nitrogens with one attached hydrogen (secondary N) is 4. The van der Waals surface area contributed by atoms with Gasteiger partial charge in [0.25, 0.3) is 22.4 Å². The number of nitriles is 2. The lowest BCUT2D eigenvalue weighted by Gasteiger charge is -2.33. The molecular formula is C106H110BrN21O12S. The van der Waals surface area contributed by atoms with Gasteiger partial charge in [-0.05, 0) is 227 Å². The molecule has 2 atom stereocenters. The van der Waals surface area contributed by atoms with Crippen LogP contribution in [0.1, 0.15) is 82.8 Å². The van der Waals surface area contributed by atoms with Gasteiger partial charge in [0.2, 0.25) is 12.1 Å². The SMILES string of the molecule is C.CC(=O)c1ccc(Oc2ccccc2)cc1.CC(C)(C)OC(=O)N1CCCC(OS(C)(=O)=O)C1.N.N=CN.NC=O.Nc1ncnc2[nH]cc(-c3ccc(Oc4ccccc4)cc3)c12.Nc1ncnc2c1c(-c1ccc(Oc3ccccc3)cc1)cn2C1CCCNC1.[C-]#[N+]/C(C#N)=C(/CBr)c1ccc(Oc2ccccc2)cc1.[C-]#[N+]CC#N.[C-]#[N+]c1c(-c2ccc(Oc3ccccc3)cc2)c[nH]c1N. The largest absolute Gasteiger partial charge is 0.457 e. The lowest BCUT2D eigenvalue weighted by atomic mass is 10.1. The van der Waals surface area contributed by atoms with E-state index < -0.39 is 27.9 Å². The highest BCUT2D eigenvalue weighted by molar-refractivity contribution is 9.09. The second kappa shape index (κ2) is 57.4. The maximum atomic E-state index is 11.8. The Labute approximate surface area is 828 Å². The van der Waals surface area contributed by atoms with Crippen molar-refractivity contribution in [3.05, 3.63) is 355 Å². The molecule has 2 unspecified atom stereocenters. The van der Waals surface area contributed by atoms with E-state index in [-0.39, 0.29) is 44.6 Å². The number of amides is 2. The predicted molar refractivity (Wildman–Crippen MR) is 556 cm³/mol. The van der Waals surface area contributed by atoms with Crippen LogP contribution in [-0.2, 0) is 23.8 Å². The fraction of sp³-hybridized carbons (Fsp3) is 0.179. The number of H-pyrrole nitrogens is 2. The van der Waals surface area contributed by atoms with Crippen molar-refractivity contribution < 1.29 is 55.4 Å². The van der Waals surface area contributed by atoms with Crippen LogP contribution in [0.15, 0.2) is 310 Å². The van der Waals surface area contributed by atoms with Crippen molar-refractivity contribution in [1.82, 2.24) is 50.8 Å². The highest BCUT2D eigenvalue weighted by atomic mass is 79.9. The molecule has 33 nitrogen and oxygen atoms in total. The molecule has 5 aromatic heterocycles. The van der Waals surface area contributed by atoms with Gasteiger partial charge in [0.05, 0.1) is 55.2 Å². The number of hydrogen-bond donors (Lipinski definition) is 10. The van der Waals surface area contributed by atoms with Crippen LogP contribution in [0.25, 0.3) is 75.6 Å². The number of ether oxygens (including phenoxy) is 6. The van der Waals surface area contributed by atoms with E-state index in [0.717, 1.165) is 151 Å². The topological polar surface area (TPSA) is 503 Å². The van der Waals surface area contributed by atoms with Gasteiger partial charge >= 0.3 is 6.09 Å². The third kappa shape index (κ3) is 35.3. The number of nitrogens with two attached hydrogens (primary N) is 5. The number of piperidine rings is 2. The highest BCUT2D eigenvalue weighted by Gasteiger charge is 2.30. The molecule has 0 radical (unpaired) electrons. The van der Waals surface area contributed by atoms with Crippen LogP contribution in [0.3, 0.4) is 0 Å². The van der Waals surface area contributed by atoms with Crippen LogP contribution in [0, 0.1) is 47.8 Å². The van der Waals surface area contributed by atoms with Crippen LogP contribution in [0.2, 0.25) is 0 Å². The number of para-hydroxylation sites is 5. The number of ketones is 1. The number of halogens is 1. The third-order valence-corrected chi connectivity index (χ3v) is 21.0. The number of aromatic nitrogens is 7. The summed E-state index contributed by atoms with van der Waals surface area (Å²) >= 11 is 3.32. The Balaban J connectivity index is 0.000000226. The van der Waals surface area contributed by atoms with Gasteiger partial charge in [-0.1, -0.05) is 163 Å². The summed E-state index contributed by atoms with van der Waals surface area (Å²) < 4.78 is 63.3. The number of rotatable bonds is 19. The second-order valence-corrected chi connectivity index (χ2v) is 33.0. The second-order valence-electron chi connectivity index (χ2n) is 30.9. The van der Waals surface area contributed by atoms with Gasteiger partial charge in [-0.3, -0.25) is 19.2 Å². The Hall–Kier alpha value is -17.5. The molecule has 2 saturated heterocycles. The Morgan fingerprint density at radius 3 is 1.36 bits per heavy atom. The smallest absolute Gasteiger partial charge is 0.410 e. The summed E-state index contributed by atoms with van der Waals surface area (Å²) in [4.78, 5) is 65.5. The van der Waals surface area contributed by atoms with E-state index in [1.807, 2.05) is 249 Å². The van der Waals surface area contributed by atoms with Gasteiger partial charge in [-0.2, -0.15) is 13.7 Å². The number of hydrogen-bond acceptors (Lipinski definition) is 24. The average Bonchev–Trinajstić information content (AvgIpc) is 1.61. The monoisotopic (exact) mass is 1980 g/mol. The molecule has 0 aliphatic carbocycles. The number of nitrogens with zero attached hydrogens (tertiary/aromatic N) is 11. The van der Waals surface area contributed by atoms with Gasteiger partial charge in [0.1, 0.15) is 111 Å². The minimum Gasteiger partial charge on any atom is -0.457 e. The lowest BCUT2D eigenvalue weighted by molar-refractivity contribution is -0.106. The van der Waals surface area contributed by atoms with Crippen LogP contribution in [0.4, 0.5) is 27.9 Å². The number of likely N-dealkylation sites (tertiary alicyclic amines) is 1. The van der Waals surface area contributed by atoms with Crippen molar-refractivity contribution in [3.8, 4) is 103 Å². The number of alkyl halides is 1. The standard InChI is InChI=1S/C23H23N5O.C18H14N4O.C17H11BrN2O.C17H13N3O.C14H12O2.C11H21NO5S.C3H2N2.CH4N2.CH3NO.CH4.H3N/c24-22-21-20(14-28(23(21)27-15-26-22)17-5-4-12-25-13-17)16-8-10-19(11-9-16)29-18-6-2-1-3-7-18;19-17-16-15(10-20-18(16)22-11-21-17)12-6-8-14(9-7-12)23-13-4-2-1-3-5-13;1-20-17(12-19)16(11-18)13-7-9-15(10-8-13)21-14-5-3-2-4-6-14;1-19-16-15(11-20-17(16)18)12-7-9-14(10-8-12)21-13-5-3-2-4-6-13;1-11(15)12-7-9-14(10-8-12)16-13-5-3-2-4-6-13;1-11(2,3)16-10(13)12-7-5-6-9(8-12)17-18(4,14)15;1-5-3-2-4;2*2-1-3;;/h1-3,6-11,14-15,17,25H,4-5,12-13H2,(H2,24,26,27);1-11H,(H3,19,20,21,22);2-10H,11H2;2-11,20H,18H2;2-10H,1H3;9H,5-8H2,1-4H3;3H2;1H,(H3,2,3);1H,(H2,2,3);1H4;1H3/b;;17-16-;;;;;;;;. The summed E-state index contributed by atoms with van der Waals surface area (Å²) in [5, 5.41) is 28.1. The molecule has 0 bridgehead atoms. The van der Waals surface area contributed by atoms with E-state index in [1.165, 1.54) is 11.2 Å². The molecule has 35 heteroatoms. The summed E-state index contributed by atoms with van der Waals surface area (Å²) in [5.74, 6) is 9.17. The van der Waals surface area contributed by atoms with Crippen molar-refractivity contribution >= 4 is 101 Å². The Kier molecular flexibility index (Phi) is 45.0. The minimum absolute atomic E-state index is 0. The van der Waals surface area contributed by atoms with Crippen molar-refractivity contribution in [2.45, 2.75) is 78.6 Å². The fourth-order valence-corrected chi connectivity index (χ4v) is 14.8. The first-order chi connectivity index (χ1) is 67.2. The third-order valence-electron chi connectivity index (χ3n) is 19.8. The maximum absolute atomic E-state index is 11.8. The molecule has 0 spiro atoms. The van der Waals surface area contributed by atoms with Gasteiger partial charge in [0.15, 0.2) is 5.78 Å². The van der Waals surface area contributed by atoms with E-state index in [9.17, 15) is 18.0 Å². The number of primary amides is 1. The summed E-state index contributed by atoms with van der Waals surface area (Å²) in [6.07, 6.45) is 13.5. The predicted octanol–water partition coefficient (Wildman–Crippen LogP) is 23.0. The van der Waals surface area contributed by atoms with Gasteiger partial charge in [-0.25, -0.2) is 46.3 Å².